The molecule has 0 amide bonds. The van der Waals surface area contributed by atoms with Gasteiger partial charge in [-0.3, -0.25) is 0 Å². The van der Waals surface area contributed by atoms with Crippen LogP contribution in [0.25, 0.3) is 0 Å². The van der Waals surface area contributed by atoms with Gasteiger partial charge >= 0.3 is 0 Å². The molecule has 1 saturated carbocycles. The van der Waals surface area contributed by atoms with Crippen molar-refractivity contribution in [2.24, 2.45) is 5.92 Å². The lowest BCUT2D eigenvalue weighted by Gasteiger charge is -2.38. The van der Waals surface area contributed by atoms with E-state index in [2.05, 4.69) is 0 Å². The molecule has 6 heteroatoms. The minimum atomic E-state index is -3.66. The largest absolute Gasteiger partial charge is 0.495 e. The number of ether oxygens (including phenoxy) is 2. The van der Waals surface area contributed by atoms with E-state index in [-0.39, 0.29) is 17.1 Å². The van der Waals surface area contributed by atoms with Crippen molar-refractivity contribution in [2.75, 3.05) is 20.2 Å². The van der Waals surface area contributed by atoms with Crippen LogP contribution < -0.4 is 4.74 Å². The molecule has 4 rings (SSSR count). The number of morpholine rings is 1. The molecule has 0 spiro atoms. The van der Waals surface area contributed by atoms with Crippen LogP contribution in [0.2, 0.25) is 0 Å². The van der Waals surface area contributed by atoms with Gasteiger partial charge in [-0.15, -0.1) is 0 Å². The molecule has 1 aliphatic carbocycles. The van der Waals surface area contributed by atoms with Crippen LogP contribution >= 0.6 is 0 Å². The van der Waals surface area contributed by atoms with E-state index in [1.54, 1.807) is 28.6 Å². The highest BCUT2D eigenvalue weighted by Gasteiger charge is 2.43. The number of benzene rings is 2. The van der Waals surface area contributed by atoms with Crippen molar-refractivity contribution in [3.63, 3.8) is 0 Å². The number of methoxy groups -OCH3 is 1. The van der Waals surface area contributed by atoms with Crippen molar-refractivity contribution >= 4 is 10.0 Å². The van der Waals surface area contributed by atoms with Crippen LogP contribution in [0.3, 0.4) is 0 Å². The summed E-state index contributed by atoms with van der Waals surface area (Å²) < 4.78 is 39.8. The monoisotopic (exact) mass is 373 g/mol. The van der Waals surface area contributed by atoms with Gasteiger partial charge in [-0.25, -0.2) is 8.42 Å². The van der Waals surface area contributed by atoms with E-state index < -0.39 is 10.0 Å². The summed E-state index contributed by atoms with van der Waals surface area (Å²) in [5.74, 6) is 0.829. The summed E-state index contributed by atoms with van der Waals surface area (Å²) in [7, 11) is -2.16. The molecule has 0 radical (unpaired) electrons. The fourth-order valence-electron chi connectivity index (χ4n) is 3.50. The van der Waals surface area contributed by atoms with Crippen molar-refractivity contribution in [1.82, 2.24) is 4.31 Å². The second kappa shape index (κ2) is 7.02. The molecule has 1 heterocycles. The Balaban J connectivity index is 1.67. The van der Waals surface area contributed by atoms with Crippen LogP contribution in [-0.4, -0.2) is 39.0 Å². The van der Waals surface area contributed by atoms with Gasteiger partial charge in [0.2, 0.25) is 10.0 Å². The molecular formula is C20H23NO4S. The van der Waals surface area contributed by atoms with Gasteiger partial charge in [0.05, 0.1) is 19.3 Å². The summed E-state index contributed by atoms with van der Waals surface area (Å²) in [5.41, 5.74) is 1.01. The first kappa shape index (κ1) is 17.5. The second-order valence-corrected chi connectivity index (χ2v) is 8.79. The minimum Gasteiger partial charge on any atom is -0.495 e. The first-order chi connectivity index (χ1) is 12.6. The summed E-state index contributed by atoms with van der Waals surface area (Å²) in [4.78, 5) is 0.214. The van der Waals surface area contributed by atoms with E-state index in [0.717, 1.165) is 18.4 Å². The van der Waals surface area contributed by atoms with Gasteiger partial charge in [0.15, 0.2) is 0 Å². The second-order valence-electron chi connectivity index (χ2n) is 6.88. The maximum atomic E-state index is 13.3. The number of hydrogen-bond acceptors (Lipinski definition) is 4. The van der Waals surface area contributed by atoms with Crippen LogP contribution in [0.15, 0.2) is 59.5 Å². The highest BCUT2D eigenvalue weighted by atomic mass is 32.2. The smallest absolute Gasteiger partial charge is 0.246 e. The maximum Gasteiger partial charge on any atom is 0.246 e. The number of nitrogens with zero attached hydrogens (tertiary/aromatic N) is 1. The first-order valence-corrected chi connectivity index (χ1v) is 10.4. The fourth-order valence-corrected chi connectivity index (χ4v) is 5.11. The molecule has 2 aromatic rings. The van der Waals surface area contributed by atoms with Gasteiger partial charge in [0.1, 0.15) is 10.6 Å². The predicted octanol–water partition coefficient (Wildman–Crippen LogP) is 3.24. The van der Waals surface area contributed by atoms with Crippen LogP contribution in [-0.2, 0) is 14.8 Å². The highest BCUT2D eigenvalue weighted by Crippen LogP contribution is 2.41. The minimum absolute atomic E-state index is 0.0570. The number of rotatable bonds is 5. The van der Waals surface area contributed by atoms with Crippen molar-refractivity contribution in [2.45, 2.75) is 29.9 Å². The van der Waals surface area contributed by atoms with Gasteiger partial charge < -0.3 is 9.47 Å². The molecular weight excluding hydrogens is 350 g/mol. The molecule has 2 aliphatic rings. The molecule has 2 fully saturated rings. The zero-order valence-corrected chi connectivity index (χ0v) is 15.6. The Kier molecular flexibility index (Phi) is 4.73. The average molecular weight is 373 g/mol. The standard InChI is InChI=1S/C20H23NO4S/c1-24-17-9-5-6-10-20(17)26(22,23)21-13-18(15-7-3-2-4-8-15)25-19(14-21)16-11-12-16/h2-10,16,18-19H,11-14H2,1H3/t18-,19+/m0/s1. The van der Waals surface area contributed by atoms with Crippen LogP contribution in [0.5, 0.6) is 5.75 Å². The predicted molar refractivity (Wildman–Crippen MR) is 98.5 cm³/mol. The van der Waals surface area contributed by atoms with Crippen molar-refractivity contribution in [3.8, 4) is 5.75 Å². The van der Waals surface area contributed by atoms with Gasteiger partial charge in [0.25, 0.3) is 0 Å². The summed E-state index contributed by atoms with van der Waals surface area (Å²) in [6.45, 7) is 0.710. The van der Waals surface area contributed by atoms with Gasteiger partial charge in [-0.1, -0.05) is 42.5 Å². The zero-order valence-electron chi connectivity index (χ0n) is 14.7. The summed E-state index contributed by atoms with van der Waals surface area (Å²) in [6, 6.07) is 16.6. The number of para-hydroxylation sites is 1. The molecule has 5 nitrogen and oxygen atoms in total. The van der Waals surface area contributed by atoms with Crippen molar-refractivity contribution < 1.29 is 17.9 Å². The average Bonchev–Trinajstić information content (AvgIpc) is 3.53. The van der Waals surface area contributed by atoms with E-state index in [1.165, 1.54) is 7.11 Å². The lowest BCUT2D eigenvalue weighted by atomic mass is 10.1. The molecule has 26 heavy (non-hydrogen) atoms. The summed E-state index contributed by atoms with van der Waals surface area (Å²) >= 11 is 0. The quantitative estimate of drug-likeness (QED) is 0.807. The van der Waals surface area contributed by atoms with Crippen LogP contribution in [0.4, 0.5) is 0 Å². The Hall–Kier alpha value is -1.89. The Morgan fingerprint density at radius 1 is 1.00 bits per heavy atom. The van der Waals surface area contributed by atoms with Gasteiger partial charge in [-0.05, 0) is 36.5 Å². The topological polar surface area (TPSA) is 55.8 Å². The third-order valence-electron chi connectivity index (χ3n) is 5.10. The SMILES string of the molecule is COc1ccccc1S(=O)(=O)N1C[C@@H](c2ccccc2)O[C@@H](C2CC2)C1. The lowest BCUT2D eigenvalue weighted by molar-refractivity contribution is -0.0747. The molecule has 1 aliphatic heterocycles. The highest BCUT2D eigenvalue weighted by molar-refractivity contribution is 7.89. The Morgan fingerprint density at radius 2 is 1.69 bits per heavy atom. The molecule has 138 valence electrons. The van der Waals surface area contributed by atoms with E-state index >= 15 is 0 Å². The van der Waals surface area contributed by atoms with E-state index in [9.17, 15) is 8.42 Å². The lowest BCUT2D eigenvalue weighted by Crippen LogP contribution is -2.47. The van der Waals surface area contributed by atoms with Crippen molar-refractivity contribution in [3.05, 3.63) is 60.2 Å². The molecule has 1 saturated heterocycles. The Bertz CT molecular complexity index is 864. The van der Waals surface area contributed by atoms with Crippen LogP contribution in [0.1, 0.15) is 24.5 Å². The van der Waals surface area contributed by atoms with E-state index in [1.807, 2.05) is 30.3 Å². The van der Waals surface area contributed by atoms with Gasteiger partial charge in [-0.2, -0.15) is 4.31 Å². The van der Waals surface area contributed by atoms with Gasteiger partial charge in [0, 0.05) is 13.1 Å². The number of hydrogen-bond donors (Lipinski definition) is 0. The third-order valence-corrected chi connectivity index (χ3v) is 6.97. The Labute approximate surface area is 154 Å². The zero-order chi connectivity index (χ0) is 18.1. The van der Waals surface area contributed by atoms with Crippen LogP contribution in [0, 0.1) is 5.92 Å². The van der Waals surface area contributed by atoms with E-state index in [4.69, 9.17) is 9.47 Å². The molecule has 2 atom stereocenters. The first-order valence-electron chi connectivity index (χ1n) is 8.93. The third kappa shape index (κ3) is 3.37. The Morgan fingerprint density at radius 3 is 2.38 bits per heavy atom. The molecule has 0 unspecified atom stereocenters. The number of sulfonamides is 1. The molecule has 0 bridgehead atoms. The fraction of sp³-hybridized carbons (Fsp3) is 0.400. The maximum absolute atomic E-state index is 13.3. The molecule has 0 N–H and O–H groups in total. The van der Waals surface area contributed by atoms with Crippen molar-refractivity contribution in [1.29, 1.82) is 0 Å². The molecule has 2 aromatic carbocycles. The normalized spacial score (nSPS) is 24.3. The molecule has 0 aromatic heterocycles. The van der Waals surface area contributed by atoms with E-state index in [0.29, 0.717) is 24.8 Å². The summed E-state index contributed by atoms with van der Waals surface area (Å²) in [5, 5.41) is 0. The summed E-state index contributed by atoms with van der Waals surface area (Å²) in [6.07, 6.45) is 1.90.